The third-order valence-corrected chi connectivity index (χ3v) is 2.83. The van der Waals surface area contributed by atoms with Gasteiger partial charge in [-0.25, -0.2) is 5.84 Å². The smallest absolute Gasteiger partial charge is 0.243 e. The number of hydrazine groups is 1. The fraction of sp³-hybridized carbons (Fsp3) is 0.727. The molecular formula is C11H23N7. The number of nitrogens with one attached hydrogen (secondary N) is 1. The second-order valence-corrected chi connectivity index (χ2v) is 3.75. The molecule has 0 fully saturated rings. The van der Waals surface area contributed by atoms with Gasteiger partial charge in [0.15, 0.2) is 0 Å². The van der Waals surface area contributed by atoms with Gasteiger partial charge in [0.25, 0.3) is 0 Å². The van der Waals surface area contributed by atoms with Crippen molar-refractivity contribution >= 4 is 17.8 Å². The van der Waals surface area contributed by atoms with Gasteiger partial charge in [-0.1, -0.05) is 0 Å². The molecule has 7 nitrogen and oxygen atoms in total. The lowest BCUT2D eigenvalue weighted by molar-refractivity contribution is 0.777. The molecule has 102 valence electrons. The number of nitrogen functional groups attached to an aromatic ring is 1. The molecule has 0 amide bonds. The van der Waals surface area contributed by atoms with E-state index in [1.165, 1.54) is 0 Å². The van der Waals surface area contributed by atoms with Crippen molar-refractivity contribution in [3.63, 3.8) is 0 Å². The van der Waals surface area contributed by atoms with E-state index in [0.717, 1.165) is 26.2 Å². The minimum Gasteiger partial charge on any atom is -0.341 e. The fourth-order valence-electron chi connectivity index (χ4n) is 1.71. The van der Waals surface area contributed by atoms with Crippen molar-refractivity contribution in [3.8, 4) is 0 Å². The molecule has 0 saturated heterocycles. The molecule has 0 aliphatic carbocycles. The van der Waals surface area contributed by atoms with Crippen LogP contribution >= 0.6 is 0 Å². The molecule has 0 radical (unpaired) electrons. The Labute approximate surface area is 108 Å². The Morgan fingerprint density at radius 1 is 0.833 bits per heavy atom. The van der Waals surface area contributed by atoms with Gasteiger partial charge in [-0.3, -0.25) is 5.43 Å². The number of hydrogen-bond acceptors (Lipinski definition) is 7. The Morgan fingerprint density at radius 2 is 1.22 bits per heavy atom. The highest BCUT2D eigenvalue weighted by Gasteiger charge is 2.13. The van der Waals surface area contributed by atoms with E-state index >= 15 is 0 Å². The van der Waals surface area contributed by atoms with Crippen LogP contribution in [0, 0.1) is 0 Å². The van der Waals surface area contributed by atoms with Gasteiger partial charge >= 0.3 is 0 Å². The molecule has 0 unspecified atom stereocenters. The van der Waals surface area contributed by atoms with E-state index in [1.54, 1.807) is 0 Å². The lowest BCUT2D eigenvalue weighted by atomic mass is 10.7. The van der Waals surface area contributed by atoms with E-state index in [9.17, 15) is 0 Å². The molecule has 1 aromatic rings. The first kappa shape index (κ1) is 14.4. The van der Waals surface area contributed by atoms with Crippen molar-refractivity contribution in [3.05, 3.63) is 0 Å². The van der Waals surface area contributed by atoms with Crippen molar-refractivity contribution in [1.82, 2.24) is 15.0 Å². The molecule has 1 rings (SSSR count). The van der Waals surface area contributed by atoms with Crippen LogP contribution in [-0.2, 0) is 0 Å². The number of hydrogen-bond donors (Lipinski definition) is 2. The molecule has 0 bridgehead atoms. The van der Waals surface area contributed by atoms with Crippen LogP contribution in [0.25, 0.3) is 0 Å². The van der Waals surface area contributed by atoms with Crippen molar-refractivity contribution < 1.29 is 0 Å². The second kappa shape index (κ2) is 6.95. The molecule has 0 aliphatic rings. The highest BCUT2D eigenvalue weighted by Crippen LogP contribution is 2.15. The SMILES string of the molecule is CC[16N](CC)c1nc(NN)nc([16N](CC)CC)n1. The largest absolute Gasteiger partial charge is 0.341 e. The van der Waals surface area contributed by atoms with Crippen molar-refractivity contribution in [2.24, 2.45) is 5.84 Å². The van der Waals surface area contributed by atoms with Gasteiger partial charge < -0.3 is 9.80 Å². The molecule has 0 atom stereocenters. The van der Waals surface area contributed by atoms with E-state index in [-0.39, 0.29) is 0 Å². The maximum atomic E-state index is 5.41. The first-order chi connectivity index (χ1) is 8.69. The van der Waals surface area contributed by atoms with Gasteiger partial charge in [-0.05, 0) is 27.7 Å². The van der Waals surface area contributed by atoms with Crippen LogP contribution in [-0.4, -0.2) is 41.1 Å². The molecule has 0 spiro atoms. The number of nitrogens with two attached hydrogens (primary N) is 1. The molecule has 18 heavy (non-hydrogen) atoms. The summed E-state index contributed by atoms with van der Waals surface area (Å²) in [5.41, 5.74) is 2.50. The van der Waals surface area contributed by atoms with Crippen LogP contribution in [0.4, 0.5) is 17.8 Å². The minimum atomic E-state index is 0.397. The van der Waals surface area contributed by atoms with Crippen LogP contribution in [0.5, 0.6) is 0 Å². The van der Waals surface area contributed by atoms with Gasteiger partial charge in [0, 0.05) is 26.2 Å². The topological polar surface area (TPSA) is 83.2 Å². The predicted octanol–water partition coefficient (Wildman–Crippen LogP) is 0.850. The van der Waals surface area contributed by atoms with Gasteiger partial charge in [0.05, 0.1) is 0 Å². The molecule has 0 saturated carbocycles. The zero-order valence-electron chi connectivity index (χ0n) is 11.6. The first-order valence-electron chi connectivity index (χ1n) is 6.42. The third kappa shape index (κ3) is 3.19. The summed E-state index contributed by atoms with van der Waals surface area (Å²) in [4.78, 5) is 17.2. The fourth-order valence-corrected chi connectivity index (χ4v) is 1.71. The minimum absolute atomic E-state index is 0.397. The van der Waals surface area contributed by atoms with Crippen LogP contribution in [0.15, 0.2) is 0 Å². The number of anilines is 3. The van der Waals surface area contributed by atoms with Crippen molar-refractivity contribution in [1.29, 1.82) is 0 Å². The summed E-state index contributed by atoms with van der Waals surface area (Å²) in [5, 5.41) is 0. The highest BCUT2D eigenvalue weighted by atomic mass is 16.7. The normalized spacial score (nSPS) is 10.3. The molecule has 7 heteroatoms. The van der Waals surface area contributed by atoms with Crippen LogP contribution in [0.2, 0.25) is 0 Å². The zero-order chi connectivity index (χ0) is 13.5. The molecule has 1 heterocycles. The monoisotopic (exact) mass is 257 g/mol. The summed E-state index contributed by atoms with van der Waals surface area (Å²) in [6.07, 6.45) is 0. The molecular weight excluding hydrogens is 234 g/mol. The number of aromatic nitrogens is 3. The van der Waals surface area contributed by atoms with Crippen molar-refractivity contribution in [2.75, 3.05) is 41.4 Å². The maximum absolute atomic E-state index is 5.41. The summed E-state index contributed by atoms with van der Waals surface area (Å²) in [5.74, 6) is 7.13. The Morgan fingerprint density at radius 3 is 1.50 bits per heavy atom. The predicted molar refractivity (Wildman–Crippen MR) is 74.8 cm³/mol. The second-order valence-electron chi connectivity index (χ2n) is 3.75. The Hall–Kier alpha value is -1.63. The average Bonchev–Trinajstić information content (AvgIpc) is 2.41. The summed E-state index contributed by atoms with van der Waals surface area (Å²) in [6, 6.07) is 0. The van der Waals surface area contributed by atoms with Gasteiger partial charge in [-0.2, -0.15) is 15.0 Å². The van der Waals surface area contributed by atoms with E-state index in [4.69, 9.17) is 5.84 Å². The lowest BCUT2D eigenvalue weighted by Crippen LogP contribution is -2.29. The summed E-state index contributed by atoms with van der Waals surface area (Å²) < 4.78 is 0. The number of rotatable bonds is 7. The number of nitrogens with zero attached hydrogens (tertiary/aromatic N) is 5. The summed E-state index contributed by atoms with van der Waals surface area (Å²) in [7, 11) is 0. The quantitative estimate of drug-likeness (QED) is 0.553. The van der Waals surface area contributed by atoms with Gasteiger partial charge in [0.1, 0.15) is 0 Å². The Bertz CT molecular complexity index is 330. The molecule has 1 aromatic heterocycles. The standard InChI is InChI=1S/C11H23N7/c1-5-17(6-2)10-13-9(16-12)14-11(15-10)18(7-3)8-4/h5-8,12H2,1-4H3,(H,13,14,15,16)/i17+2,18+2. The highest BCUT2D eigenvalue weighted by molar-refractivity contribution is 5.44. The first-order valence-corrected chi connectivity index (χ1v) is 6.42. The van der Waals surface area contributed by atoms with E-state index < -0.39 is 0 Å². The zero-order valence-corrected chi connectivity index (χ0v) is 11.6. The van der Waals surface area contributed by atoms with Crippen molar-refractivity contribution in [2.45, 2.75) is 27.7 Å². The van der Waals surface area contributed by atoms with Crippen LogP contribution < -0.4 is 21.1 Å². The summed E-state index contributed by atoms with van der Waals surface area (Å²) in [6.45, 7) is 11.7. The van der Waals surface area contributed by atoms with E-state index in [2.05, 4.69) is 57.9 Å². The van der Waals surface area contributed by atoms with Gasteiger partial charge in [0.2, 0.25) is 17.8 Å². The van der Waals surface area contributed by atoms with Crippen LogP contribution in [0.3, 0.4) is 0 Å². The Balaban J connectivity index is 3.15. The van der Waals surface area contributed by atoms with Gasteiger partial charge in [-0.15, -0.1) is 0 Å². The van der Waals surface area contributed by atoms with E-state index in [0.29, 0.717) is 17.8 Å². The molecule has 0 aromatic carbocycles. The molecule has 3 N–H and O–H groups in total. The van der Waals surface area contributed by atoms with Crippen LogP contribution in [0.1, 0.15) is 27.7 Å². The maximum Gasteiger partial charge on any atom is 0.243 e. The lowest BCUT2D eigenvalue weighted by Gasteiger charge is -2.23. The van der Waals surface area contributed by atoms with E-state index in [1.807, 2.05) is 0 Å². The molecule has 0 aliphatic heterocycles. The summed E-state index contributed by atoms with van der Waals surface area (Å²) >= 11 is 0. The average molecular weight is 257 g/mol. The third-order valence-electron chi connectivity index (χ3n) is 2.83. The Kier molecular flexibility index (Phi) is 5.57.